The van der Waals surface area contributed by atoms with Gasteiger partial charge in [-0.3, -0.25) is 4.79 Å². The summed E-state index contributed by atoms with van der Waals surface area (Å²) in [6.07, 6.45) is -2.92. The van der Waals surface area contributed by atoms with Gasteiger partial charge in [0.15, 0.2) is 0 Å². The second-order valence-electron chi connectivity index (χ2n) is 3.84. The number of rotatable bonds is 1. The van der Waals surface area contributed by atoms with E-state index >= 15 is 0 Å². The number of hydrogen-bond acceptors (Lipinski definition) is 2. The number of fused-ring (bicyclic) bond motifs is 1. The Hall–Kier alpha value is -1.67. The molecule has 18 heavy (non-hydrogen) atoms. The molecule has 100 valence electrons. The van der Waals surface area contributed by atoms with E-state index in [0.29, 0.717) is 4.90 Å². The van der Waals surface area contributed by atoms with E-state index in [4.69, 9.17) is 0 Å². The van der Waals surface area contributed by atoms with Gasteiger partial charge in [0.25, 0.3) is 0 Å². The van der Waals surface area contributed by atoms with Crippen LogP contribution in [-0.2, 0) is 17.9 Å². The third-order valence-corrected chi connectivity index (χ3v) is 2.66. The monoisotopic (exact) mass is 269 g/mol. The number of carbonyl (C=O) groups excluding carboxylic acids is 1. The number of aromatic nitrogens is 2. The first-order valence-electron chi connectivity index (χ1n) is 4.97. The van der Waals surface area contributed by atoms with Crippen LogP contribution >= 0.6 is 0 Å². The van der Waals surface area contributed by atoms with Gasteiger partial charge in [-0.15, -0.1) is 0 Å². The SMILES string of the molecule is O=C(N1CCn2ccnc2C1)C(F)(F)C(F)(F)F. The molecule has 1 amide bonds. The fourth-order valence-corrected chi connectivity index (χ4v) is 1.67. The predicted molar refractivity (Wildman–Crippen MR) is 48.6 cm³/mol. The molecule has 0 N–H and O–H groups in total. The number of halogens is 5. The van der Waals surface area contributed by atoms with Gasteiger partial charge in [-0.05, 0) is 0 Å². The van der Waals surface area contributed by atoms with Crippen molar-refractivity contribution in [3.05, 3.63) is 18.2 Å². The number of carbonyl (C=O) groups is 1. The third kappa shape index (κ3) is 1.93. The molecule has 1 aliphatic heterocycles. The highest BCUT2D eigenvalue weighted by Crippen LogP contribution is 2.37. The summed E-state index contributed by atoms with van der Waals surface area (Å²) in [6, 6.07) is 0. The van der Waals surface area contributed by atoms with Crippen LogP contribution in [0.15, 0.2) is 12.4 Å². The molecule has 0 saturated carbocycles. The molecule has 0 unspecified atom stereocenters. The van der Waals surface area contributed by atoms with Crippen molar-refractivity contribution in [3.63, 3.8) is 0 Å². The standard InChI is InChI=1S/C9H8F5N3O/c10-8(11,9(12,13)14)7(18)17-4-3-16-2-1-15-6(16)5-17/h1-2H,3-5H2. The Morgan fingerprint density at radius 1 is 1.22 bits per heavy atom. The molecule has 2 rings (SSSR count). The van der Waals surface area contributed by atoms with E-state index in [0.717, 1.165) is 0 Å². The number of imidazole rings is 1. The van der Waals surface area contributed by atoms with E-state index in [1.165, 1.54) is 6.20 Å². The Morgan fingerprint density at radius 3 is 2.50 bits per heavy atom. The molecule has 9 heteroatoms. The molecular formula is C9H8F5N3O. The van der Waals surface area contributed by atoms with Crippen LogP contribution in [0.4, 0.5) is 22.0 Å². The van der Waals surface area contributed by atoms with E-state index < -0.39 is 18.0 Å². The predicted octanol–water partition coefficient (Wildman–Crippen LogP) is 1.42. The highest BCUT2D eigenvalue weighted by Gasteiger charge is 2.64. The van der Waals surface area contributed by atoms with Crippen molar-refractivity contribution in [1.82, 2.24) is 14.5 Å². The lowest BCUT2D eigenvalue weighted by atomic mass is 10.2. The van der Waals surface area contributed by atoms with E-state index in [1.807, 2.05) is 0 Å². The van der Waals surface area contributed by atoms with E-state index in [9.17, 15) is 26.7 Å². The molecule has 2 heterocycles. The molecule has 0 aromatic carbocycles. The second-order valence-corrected chi connectivity index (χ2v) is 3.84. The van der Waals surface area contributed by atoms with Crippen LogP contribution in [0, 0.1) is 0 Å². The fraction of sp³-hybridized carbons (Fsp3) is 0.556. The summed E-state index contributed by atoms with van der Waals surface area (Å²) in [5.74, 6) is -7.31. The highest BCUT2D eigenvalue weighted by molar-refractivity contribution is 5.84. The van der Waals surface area contributed by atoms with Crippen molar-refractivity contribution in [2.24, 2.45) is 0 Å². The van der Waals surface area contributed by atoms with Gasteiger partial charge in [0.05, 0.1) is 6.54 Å². The minimum absolute atomic E-state index is 0.148. The Bertz CT molecular complexity index is 467. The van der Waals surface area contributed by atoms with Gasteiger partial charge in [-0.1, -0.05) is 0 Å². The van der Waals surface area contributed by atoms with Crippen molar-refractivity contribution in [2.45, 2.75) is 25.2 Å². The average molecular weight is 269 g/mol. The first-order valence-corrected chi connectivity index (χ1v) is 4.97. The largest absolute Gasteiger partial charge is 0.463 e. The highest BCUT2D eigenvalue weighted by atomic mass is 19.4. The summed E-state index contributed by atoms with van der Waals surface area (Å²) in [7, 11) is 0. The van der Waals surface area contributed by atoms with Crippen molar-refractivity contribution in [1.29, 1.82) is 0 Å². The zero-order valence-corrected chi connectivity index (χ0v) is 8.92. The Labute approximate surface area is 98.0 Å². The van der Waals surface area contributed by atoms with Crippen LogP contribution in [0.3, 0.4) is 0 Å². The van der Waals surface area contributed by atoms with Crippen LogP contribution in [0.5, 0.6) is 0 Å². The molecule has 0 atom stereocenters. The van der Waals surface area contributed by atoms with Gasteiger partial charge in [0.1, 0.15) is 5.82 Å². The third-order valence-electron chi connectivity index (χ3n) is 2.66. The molecule has 0 fully saturated rings. The summed E-state index contributed by atoms with van der Waals surface area (Å²) in [5.41, 5.74) is 0. The minimum atomic E-state index is -5.88. The van der Waals surface area contributed by atoms with Gasteiger partial charge in [-0.2, -0.15) is 22.0 Å². The Morgan fingerprint density at radius 2 is 1.89 bits per heavy atom. The molecule has 1 aromatic heterocycles. The van der Waals surface area contributed by atoms with Crippen LogP contribution in [-0.4, -0.2) is 39.0 Å². The van der Waals surface area contributed by atoms with E-state index in [2.05, 4.69) is 4.98 Å². The second kappa shape index (κ2) is 3.92. The molecule has 0 spiro atoms. The average Bonchev–Trinajstić information content (AvgIpc) is 2.73. The summed E-state index contributed by atoms with van der Waals surface area (Å²) in [5, 5.41) is 0. The smallest absolute Gasteiger partial charge is 0.332 e. The zero-order valence-electron chi connectivity index (χ0n) is 8.92. The van der Waals surface area contributed by atoms with E-state index in [1.54, 1.807) is 10.8 Å². The first-order chi connectivity index (χ1) is 8.23. The lowest BCUT2D eigenvalue weighted by Gasteiger charge is -2.31. The molecule has 1 aromatic rings. The molecule has 0 radical (unpaired) electrons. The number of hydrogen-bond donors (Lipinski definition) is 0. The molecule has 0 saturated heterocycles. The molecule has 0 aliphatic carbocycles. The van der Waals surface area contributed by atoms with Crippen LogP contribution in [0.1, 0.15) is 5.82 Å². The number of nitrogens with zero attached hydrogens (tertiary/aromatic N) is 3. The molecule has 4 nitrogen and oxygen atoms in total. The Kier molecular flexibility index (Phi) is 2.78. The van der Waals surface area contributed by atoms with Gasteiger partial charge in [0, 0.05) is 25.5 Å². The summed E-state index contributed by atoms with van der Waals surface area (Å²) >= 11 is 0. The zero-order chi connectivity index (χ0) is 13.6. The Balaban J connectivity index is 2.17. The fourth-order valence-electron chi connectivity index (χ4n) is 1.67. The van der Waals surface area contributed by atoms with Crippen molar-refractivity contribution in [2.75, 3.05) is 6.54 Å². The number of amides is 1. The van der Waals surface area contributed by atoms with E-state index in [-0.39, 0.29) is 25.5 Å². The van der Waals surface area contributed by atoms with Gasteiger partial charge < -0.3 is 9.47 Å². The lowest BCUT2D eigenvalue weighted by Crippen LogP contribution is -2.53. The van der Waals surface area contributed by atoms with Crippen molar-refractivity contribution < 1.29 is 26.7 Å². The summed E-state index contributed by atoms with van der Waals surface area (Å²) in [4.78, 5) is 15.5. The van der Waals surface area contributed by atoms with Gasteiger partial charge in [-0.25, -0.2) is 4.98 Å². The topological polar surface area (TPSA) is 38.1 Å². The van der Waals surface area contributed by atoms with Crippen LogP contribution < -0.4 is 0 Å². The maximum atomic E-state index is 12.9. The molecule has 1 aliphatic rings. The van der Waals surface area contributed by atoms with Crippen LogP contribution in [0.25, 0.3) is 0 Å². The van der Waals surface area contributed by atoms with Crippen LogP contribution in [0.2, 0.25) is 0 Å². The first kappa shape index (κ1) is 12.8. The summed E-state index contributed by atoms with van der Waals surface area (Å²) in [6.45, 7) is -0.402. The van der Waals surface area contributed by atoms with Gasteiger partial charge >= 0.3 is 18.0 Å². The quantitative estimate of drug-likeness (QED) is 0.723. The van der Waals surface area contributed by atoms with Crippen molar-refractivity contribution >= 4 is 5.91 Å². The van der Waals surface area contributed by atoms with Gasteiger partial charge in [0.2, 0.25) is 0 Å². The molecular weight excluding hydrogens is 261 g/mol. The number of alkyl halides is 5. The molecule has 0 bridgehead atoms. The maximum absolute atomic E-state index is 12.9. The minimum Gasteiger partial charge on any atom is -0.332 e. The summed E-state index contributed by atoms with van der Waals surface area (Å²) < 4.78 is 63.5. The lowest BCUT2D eigenvalue weighted by molar-refractivity contribution is -0.275. The normalized spacial score (nSPS) is 16.6. The van der Waals surface area contributed by atoms with Crippen molar-refractivity contribution in [3.8, 4) is 0 Å². The maximum Gasteiger partial charge on any atom is 0.463 e.